The number of carbonyl (C=O) groups is 1. The van der Waals surface area contributed by atoms with Gasteiger partial charge < -0.3 is 24.2 Å². The Morgan fingerprint density at radius 3 is 2.54 bits per heavy atom. The first-order chi connectivity index (χ1) is 12.6. The standard InChI is InChI=1S/C20H35NO5/c1-16(2)17-14-18(20(23)21-8-6-4-3-5-7-9-21)26-19(15-17)25-13-12-24-11-10-22/h14,16-17,19,22H,3-13,15H2,1-2H3/t17-,19+/m0/s1. The van der Waals surface area contributed by atoms with Gasteiger partial charge in [0, 0.05) is 19.5 Å². The summed E-state index contributed by atoms with van der Waals surface area (Å²) < 4.78 is 16.9. The van der Waals surface area contributed by atoms with Gasteiger partial charge in [0.15, 0.2) is 5.76 Å². The van der Waals surface area contributed by atoms with Crippen molar-refractivity contribution in [1.82, 2.24) is 4.90 Å². The van der Waals surface area contributed by atoms with Gasteiger partial charge in [-0.1, -0.05) is 33.1 Å². The summed E-state index contributed by atoms with van der Waals surface area (Å²) in [6, 6.07) is 0. The topological polar surface area (TPSA) is 68.2 Å². The summed E-state index contributed by atoms with van der Waals surface area (Å²) in [5, 5.41) is 8.73. The molecule has 2 aliphatic heterocycles. The Morgan fingerprint density at radius 2 is 1.88 bits per heavy atom. The number of amides is 1. The van der Waals surface area contributed by atoms with Crippen molar-refractivity contribution in [3.63, 3.8) is 0 Å². The van der Waals surface area contributed by atoms with Gasteiger partial charge in [0.1, 0.15) is 0 Å². The third-order valence-electron chi connectivity index (χ3n) is 5.07. The summed E-state index contributed by atoms with van der Waals surface area (Å²) in [7, 11) is 0. The lowest BCUT2D eigenvalue weighted by molar-refractivity contribution is -0.160. The molecular formula is C20H35NO5. The van der Waals surface area contributed by atoms with Gasteiger partial charge in [-0.3, -0.25) is 4.79 Å². The Kier molecular flexibility index (Phi) is 9.43. The highest BCUT2D eigenvalue weighted by atomic mass is 16.7. The highest BCUT2D eigenvalue weighted by Gasteiger charge is 2.31. The number of hydrogen-bond acceptors (Lipinski definition) is 5. The third kappa shape index (κ3) is 6.89. The van der Waals surface area contributed by atoms with Crippen LogP contribution >= 0.6 is 0 Å². The molecule has 2 heterocycles. The molecule has 0 saturated carbocycles. The van der Waals surface area contributed by atoms with Crippen LogP contribution in [0.3, 0.4) is 0 Å². The largest absolute Gasteiger partial charge is 0.459 e. The molecule has 0 radical (unpaired) electrons. The van der Waals surface area contributed by atoms with E-state index in [0.29, 0.717) is 31.5 Å². The molecule has 2 atom stereocenters. The first kappa shape index (κ1) is 21.2. The smallest absolute Gasteiger partial charge is 0.288 e. The van der Waals surface area contributed by atoms with E-state index in [-0.39, 0.29) is 18.4 Å². The van der Waals surface area contributed by atoms with Gasteiger partial charge >= 0.3 is 0 Å². The maximum Gasteiger partial charge on any atom is 0.288 e. The zero-order valence-corrected chi connectivity index (χ0v) is 16.3. The van der Waals surface area contributed by atoms with Gasteiger partial charge in [-0.15, -0.1) is 0 Å². The predicted molar refractivity (Wildman–Crippen MR) is 99.4 cm³/mol. The Bertz CT molecular complexity index is 443. The van der Waals surface area contributed by atoms with E-state index < -0.39 is 6.29 Å². The first-order valence-electron chi connectivity index (χ1n) is 10.1. The molecule has 0 unspecified atom stereocenters. The summed E-state index contributed by atoms with van der Waals surface area (Å²) in [6.07, 6.45) is 8.10. The molecule has 0 aromatic rings. The fraction of sp³-hybridized carbons (Fsp3) is 0.850. The average molecular weight is 370 g/mol. The quantitative estimate of drug-likeness (QED) is 0.666. The second-order valence-corrected chi connectivity index (χ2v) is 7.49. The average Bonchev–Trinajstić information content (AvgIpc) is 2.60. The van der Waals surface area contributed by atoms with Gasteiger partial charge in [0.2, 0.25) is 6.29 Å². The summed E-state index contributed by atoms with van der Waals surface area (Å²) >= 11 is 0. The monoisotopic (exact) mass is 369 g/mol. The van der Waals surface area contributed by atoms with E-state index in [1.165, 1.54) is 19.3 Å². The molecule has 150 valence electrons. The second kappa shape index (κ2) is 11.6. The van der Waals surface area contributed by atoms with Crippen LogP contribution < -0.4 is 0 Å². The van der Waals surface area contributed by atoms with Gasteiger partial charge in [0.25, 0.3) is 5.91 Å². The van der Waals surface area contributed by atoms with E-state index in [2.05, 4.69) is 13.8 Å². The molecule has 0 bridgehead atoms. The first-order valence-corrected chi connectivity index (χ1v) is 10.1. The van der Waals surface area contributed by atoms with Gasteiger partial charge in [-0.05, 0) is 30.8 Å². The normalized spacial score (nSPS) is 24.6. The van der Waals surface area contributed by atoms with Gasteiger partial charge in [0.05, 0.1) is 26.4 Å². The van der Waals surface area contributed by atoms with E-state index >= 15 is 0 Å². The lowest BCUT2D eigenvalue weighted by Crippen LogP contribution is -2.39. The summed E-state index contributed by atoms with van der Waals surface area (Å²) in [5.74, 6) is 1.13. The second-order valence-electron chi connectivity index (χ2n) is 7.49. The molecule has 26 heavy (non-hydrogen) atoms. The molecule has 1 N–H and O–H groups in total. The Hall–Kier alpha value is -1.11. The van der Waals surface area contributed by atoms with Crippen molar-refractivity contribution in [3.8, 4) is 0 Å². The van der Waals surface area contributed by atoms with Crippen molar-refractivity contribution in [2.45, 2.75) is 58.7 Å². The zero-order chi connectivity index (χ0) is 18.8. The van der Waals surface area contributed by atoms with Crippen LogP contribution in [0.25, 0.3) is 0 Å². The van der Waals surface area contributed by atoms with E-state index in [1.807, 2.05) is 11.0 Å². The molecule has 0 aromatic carbocycles. The molecule has 1 fully saturated rings. The third-order valence-corrected chi connectivity index (χ3v) is 5.07. The van der Waals surface area contributed by atoms with E-state index in [4.69, 9.17) is 19.3 Å². The molecule has 2 rings (SSSR count). The number of aliphatic hydroxyl groups is 1. The molecule has 0 aromatic heterocycles. The summed E-state index contributed by atoms with van der Waals surface area (Å²) in [4.78, 5) is 14.9. The maximum atomic E-state index is 13.0. The van der Waals surface area contributed by atoms with E-state index in [0.717, 1.165) is 32.4 Å². The SMILES string of the molecule is CC(C)[C@H]1C=C(C(=O)N2CCCCCCC2)O[C@@H](OCCOCCO)C1. The van der Waals surface area contributed by atoms with Crippen molar-refractivity contribution in [3.05, 3.63) is 11.8 Å². The summed E-state index contributed by atoms with van der Waals surface area (Å²) in [5.41, 5.74) is 0. The number of allylic oxidation sites excluding steroid dienone is 1. The van der Waals surface area contributed by atoms with Gasteiger partial charge in [-0.25, -0.2) is 0 Å². The number of nitrogens with zero attached hydrogens (tertiary/aromatic N) is 1. The van der Waals surface area contributed by atoms with Crippen molar-refractivity contribution >= 4 is 5.91 Å². The summed E-state index contributed by atoms with van der Waals surface area (Å²) in [6.45, 7) is 7.05. The minimum atomic E-state index is -0.418. The zero-order valence-electron chi connectivity index (χ0n) is 16.3. The molecule has 0 aliphatic carbocycles. The van der Waals surface area contributed by atoms with Crippen molar-refractivity contribution in [2.24, 2.45) is 11.8 Å². The molecular weight excluding hydrogens is 334 g/mol. The van der Waals surface area contributed by atoms with Crippen molar-refractivity contribution in [1.29, 1.82) is 0 Å². The van der Waals surface area contributed by atoms with Crippen LogP contribution in [0.2, 0.25) is 0 Å². The van der Waals surface area contributed by atoms with E-state index in [9.17, 15) is 4.79 Å². The fourth-order valence-corrected chi connectivity index (χ4v) is 3.41. The Labute approximate surface area is 157 Å². The number of hydrogen-bond donors (Lipinski definition) is 1. The van der Waals surface area contributed by atoms with Crippen LogP contribution in [0.5, 0.6) is 0 Å². The van der Waals surface area contributed by atoms with Crippen LogP contribution in [-0.2, 0) is 19.0 Å². The van der Waals surface area contributed by atoms with E-state index in [1.54, 1.807) is 0 Å². The number of aliphatic hydroxyl groups excluding tert-OH is 1. The van der Waals surface area contributed by atoms with Crippen LogP contribution in [0.1, 0.15) is 52.4 Å². The fourth-order valence-electron chi connectivity index (χ4n) is 3.41. The van der Waals surface area contributed by atoms with Crippen molar-refractivity contribution < 1.29 is 24.1 Å². The van der Waals surface area contributed by atoms with Crippen LogP contribution in [0.4, 0.5) is 0 Å². The van der Waals surface area contributed by atoms with Crippen LogP contribution in [0.15, 0.2) is 11.8 Å². The Balaban J connectivity index is 1.94. The predicted octanol–water partition coefficient (Wildman–Crippen LogP) is 2.71. The number of carbonyl (C=O) groups excluding carboxylic acids is 1. The van der Waals surface area contributed by atoms with Crippen molar-refractivity contribution in [2.75, 3.05) is 39.5 Å². The molecule has 6 nitrogen and oxygen atoms in total. The Morgan fingerprint density at radius 1 is 1.19 bits per heavy atom. The van der Waals surface area contributed by atoms with Crippen LogP contribution in [0, 0.1) is 11.8 Å². The minimum Gasteiger partial charge on any atom is -0.459 e. The molecule has 0 spiro atoms. The lowest BCUT2D eigenvalue weighted by Gasteiger charge is -2.33. The lowest BCUT2D eigenvalue weighted by atomic mass is 9.90. The maximum absolute atomic E-state index is 13.0. The molecule has 2 aliphatic rings. The highest BCUT2D eigenvalue weighted by Crippen LogP contribution is 2.29. The number of rotatable bonds is 8. The van der Waals surface area contributed by atoms with Gasteiger partial charge in [-0.2, -0.15) is 0 Å². The number of ether oxygens (including phenoxy) is 3. The molecule has 1 saturated heterocycles. The minimum absolute atomic E-state index is 0.00220. The molecule has 6 heteroatoms. The molecule has 1 amide bonds. The highest BCUT2D eigenvalue weighted by molar-refractivity contribution is 5.91. The number of likely N-dealkylation sites (tertiary alicyclic amines) is 1. The van der Waals surface area contributed by atoms with Crippen LogP contribution in [-0.4, -0.2) is 61.7 Å².